The Balaban J connectivity index is 1.80. The van der Waals surface area contributed by atoms with Crippen LogP contribution in [0.1, 0.15) is 37.1 Å². The lowest BCUT2D eigenvalue weighted by molar-refractivity contribution is 0.0698. The van der Waals surface area contributed by atoms with Crippen LogP contribution in [0.25, 0.3) is 10.2 Å². The maximum absolute atomic E-state index is 12.3. The van der Waals surface area contributed by atoms with Gasteiger partial charge in [-0.2, -0.15) is 0 Å². The largest absolute Gasteiger partial charge is 0.478 e. The summed E-state index contributed by atoms with van der Waals surface area (Å²) in [4.78, 5) is 35.2. The summed E-state index contributed by atoms with van der Waals surface area (Å²) in [7, 11) is 0. The van der Waals surface area contributed by atoms with E-state index in [0.717, 1.165) is 4.70 Å². The number of carboxylic acids is 1. The number of carbonyl (C=O) groups excluding carboxylic acids is 1. The standard InChI is InChI=1S/C15H15N5O3S/c1-6-11(15(22)23)12-10(24-6)3-9(20-12)14(21)18-5-8-4-17-7(2)19-13(8)16/h3-4,20H,5H2,1-2H3,(H,18,21)(H,22,23)(H2,16,17,19). The molecule has 0 aliphatic carbocycles. The SMILES string of the molecule is Cc1ncc(CNC(=O)c2cc3sc(C)c(C(=O)O)c3[nH]2)c(N)n1. The molecule has 0 saturated carbocycles. The van der Waals surface area contributed by atoms with E-state index in [-0.39, 0.29) is 18.0 Å². The topological polar surface area (TPSA) is 134 Å². The number of carbonyl (C=O) groups is 2. The van der Waals surface area contributed by atoms with Gasteiger partial charge in [-0.1, -0.05) is 0 Å². The van der Waals surface area contributed by atoms with Crippen LogP contribution in [0.2, 0.25) is 0 Å². The number of nitrogens with zero attached hydrogens (tertiary/aromatic N) is 2. The van der Waals surface area contributed by atoms with Crippen LogP contribution in [0.4, 0.5) is 5.82 Å². The number of nitrogens with one attached hydrogen (secondary N) is 2. The Morgan fingerprint density at radius 1 is 1.42 bits per heavy atom. The molecule has 24 heavy (non-hydrogen) atoms. The zero-order valence-corrected chi connectivity index (χ0v) is 13.8. The van der Waals surface area contributed by atoms with Crippen LogP contribution < -0.4 is 11.1 Å². The molecule has 0 fully saturated rings. The molecule has 0 saturated heterocycles. The van der Waals surface area contributed by atoms with Gasteiger partial charge >= 0.3 is 5.97 Å². The van der Waals surface area contributed by atoms with Gasteiger partial charge in [0.25, 0.3) is 5.91 Å². The molecule has 0 aliphatic heterocycles. The Morgan fingerprint density at radius 2 is 2.17 bits per heavy atom. The van der Waals surface area contributed by atoms with Gasteiger partial charge in [0, 0.05) is 23.2 Å². The number of aromatic nitrogens is 3. The van der Waals surface area contributed by atoms with Crippen LogP contribution in [-0.2, 0) is 6.54 Å². The fourth-order valence-electron chi connectivity index (χ4n) is 2.39. The van der Waals surface area contributed by atoms with E-state index in [2.05, 4.69) is 20.3 Å². The molecule has 5 N–H and O–H groups in total. The van der Waals surface area contributed by atoms with E-state index in [4.69, 9.17) is 5.73 Å². The van der Waals surface area contributed by atoms with Crippen LogP contribution >= 0.6 is 11.3 Å². The number of aromatic amines is 1. The first kappa shape index (κ1) is 15.9. The average Bonchev–Trinajstić information content (AvgIpc) is 3.02. The second-order valence-corrected chi connectivity index (χ2v) is 6.53. The number of hydrogen-bond donors (Lipinski definition) is 4. The minimum Gasteiger partial charge on any atom is -0.478 e. The van der Waals surface area contributed by atoms with Gasteiger partial charge in [0.15, 0.2) is 0 Å². The molecule has 0 atom stereocenters. The van der Waals surface area contributed by atoms with Crippen molar-refractivity contribution in [1.29, 1.82) is 0 Å². The molecule has 3 rings (SSSR count). The summed E-state index contributed by atoms with van der Waals surface area (Å²) >= 11 is 1.33. The third kappa shape index (κ3) is 2.81. The number of nitrogens with two attached hydrogens (primary N) is 1. The lowest BCUT2D eigenvalue weighted by atomic mass is 10.2. The first-order valence-electron chi connectivity index (χ1n) is 7.08. The highest BCUT2D eigenvalue weighted by molar-refractivity contribution is 7.19. The van der Waals surface area contributed by atoms with E-state index < -0.39 is 5.97 Å². The minimum absolute atomic E-state index is 0.183. The Hall–Kier alpha value is -2.94. The van der Waals surface area contributed by atoms with Crippen molar-refractivity contribution in [3.63, 3.8) is 0 Å². The lowest BCUT2D eigenvalue weighted by Crippen LogP contribution is -2.24. The van der Waals surface area contributed by atoms with Gasteiger partial charge in [-0.15, -0.1) is 11.3 Å². The molecule has 0 aromatic carbocycles. The van der Waals surface area contributed by atoms with E-state index >= 15 is 0 Å². The van der Waals surface area contributed by atoms with Crippen molar-refractivity contribution in [2.75, 3.05) is 5.73 Å². The molecule has 0 radical (unpaired) electrons. The molecular formula is C15H15N5O3S. The highest BCUT2D eigenvalue weighted by Crippen LogP contribution is 2.31. The summed E-state index contributed by atoms with van der Waals surface area (Å²) in [6.07, 6.45) is 1.57. The lowest BCUT2D eigenvalue weighted by Gasteiger charge is -2.06. The fourth-order valence-corrected chi connectivity index (χ4v) is 3.45. The van der Waals surface area contributed by atoms with Crippen LogP contribution in [0.5, 0.6) is 0 Å². The summed E-state index contributed by atoms with van der Waals surface area (Å²) in [6.45, 7) is 3.65. The smallest absolute Gasteiger partial charge is 0.338 e. The van der Waals surface area contributed by atoms with Crippen molar-refractivity contribution in [2.24, 2.45) is 0 Å². The second kappa shape index (κ2) is 5.93. The fraction of sp³-hybridized carbons (Fsp3) is 0.200. The Kier molecular flexibility index (Phi) is 3.94. The van der Waals surface area contributed by atoms with Crippen molar-refractivity contribution < 1.29 is 14.7 Å². The zero-order valence-electron chi connectivity index (χ0n) is 13.0. The molecule has 3 aromatic heterocycles. The quantitative estimate of drug-likeness (QED) is 0.570. The average molecular weight is 345 g/mol. The van der Waals surface area contributed by atoms with Crippen LogP contribution in [0.3, 0.4) is 0 Å². The van der Waals surface area contributed by atoms with Gasteiger partial charge in [0.1, 0.15) is 17.3 Å². The third-order valence-corrected chi connectivity index (χ3v) is 4.62. The maximum atomic E-state index is 12.3. The number of aromatic carboxylic acids is 1. The third-order valence-electron chi connectivity index (χ3n) is 3.56. The predicted octanol–water partition coefficient (Wildman–Crippen LogP) is 1.85. The van der Waals surface area contributed by atoms with Gasteiger partial charge < -0.3 is 21.1 Å². The highest BCUT2D eigenvalue weighted by atomic mass is 32.1. The van der Waals surface area contributed by atoms with Crippen LogP contribution in [-0.4, -0.2) is 31.9 Å². The van der Waals surface area contributed by atoms with E-state index in [0.29, 0.717) is 33.3 Å². The number of thiophene rings is 1. The number of fused-ring (bicyclic) bond motifs is 1. The summed E-state index contributed by atoms with van der Waals surface area (Å²) in [5.74, 6) is -0.493. The Labute approximate surface area is 140 Å². The molecule has 124 valence electrons. The van der Waals surface area contributed by atoms with Gasteiger partial charge in [-0.3, -0.25) is 4.79 Å². The predicted molar refractivity (Wildman–Crippen MR) is 90.2 cm³/mol. The molecule has 0 bridgehead atoms. The summed E-state index contributed by atoms with van der Waals surface area (Å²) in [5, 5.41) is 12.0. The Bertz CT molecular complexity index is 960. The molecule has 3 heterocycles. The number of anilines is 1. The number of carboxylic acid groups (broad SMARTS) is 1. The normalized spacial score (nSPS) is 10.9. The van der Waals surface area contributed by atoms with Crippen molar-refractivity contribution in [3.8, 4) is 0 Å². The minimum atomic E-state index is -1.02. The van der Waals surface area contributed by atoms with Gasteiger partial charge in [0.05, 0.1) is 15.8 Å². The molecule has 8 nitrogen and oxygen atoms in total. The molecular weight excluding hydrogens is 330 g/mol. The first-order valence-corrected chi connectivity index (χ1v) is 7.90. The number of rotatable bonds is 4. The van der Waals surface area contributed by atoms with E-state index in [1.54, 1.807) is 26.1 Å². The number of nitrogen functional groups attached to an aromatic ring is 1. The van der Waals surface area contributed by atoms with Gasteiger partial charge in [0.2, 0.25) is 0 Å². The number of hydrogen-bond acceptors (Lipinski definition) is 6. The van der Waals surface area contributed by atoms with E-state index in [9.17, 15) is 14.7 Å². The second-order valence-electron chi connectivity index (χ2n) is 5.27. The summed E-state index contributed by atoms with van der Waals surface area (Å²) in [6, 6.07) is 1.64. The first-order chi connectivity index (χ1) is 11.4. The number of H-pyrrole nitrogens is 1. The summed E-state index contributed by atoms with van der Waals surface area (Å²) in [5.41, 5.74) is 7.36. The molecule has 3 aromatic rings. The van der Waals surface area contributed by atoms with Crippen molar-refractivity contribution >= 4 is 39.2 Å². The van der Waals surface area contributed by atoms with Crippen LogP contribution in [0, 0.1) is 13.8 Å². The Morgan fingerprint density at radius 3 is 2.83 bits per heavy atom. The van der Waals surface area contributed by atoms with Crippen molar-refractivity contribution in [2.45, 2.75) is 20.4 Å². The molecule has 1 amide bonds. The van der Waals surface area contributed by atoms with E-state index in [1.165, 1.54) is 11.3 Å². The summed E-state index contributed by atoms with van der Waals surface area (Å²) < 4.78 is 0.730. The zero-order chi connectivity index (χ0) is 17.4. The molecule has 0 unspecified atom stereocenters. The van der Waals surface area contributed by atoms with Gasteiger partial charge in [-0.25, -0.2) is 14.8 Å². The number of aryl methyl sites for hydroxylation is 2. The van der Waals surface area contributed by atoms with Gasteiger partial charge in [-0.05, 0) is 19.9 Å². The maximum Gasteiger partial charge on any atom is 0.338 e. The van der Waals surface area contributed by atoms with Crippen molar-refractivity contribution in [1.82, 2.24) is 20.3 Å². The van der Waals surface area contributed by atoms with Crippen molar-refractivity contribution in [3.05, 3.63) is 39.8 Å². The number of amides is 1. The molecule has 9 heteroatoms. The molecule has 0 aliphatic rings. The van der Waals surface area contributed by atoms with E-state index in [1.807, 2.05) is 0 Å². The monoisotopic (exact) mass is 345 g/mol. The highest BCUT2D eigenvalue weighted by Gasteiger charge is 2.20. The van der Waals surface area contributed by atoms with Crippen LogP contribution in [0.15, 0.2) is 12.3 Å². The molecule has 0 spiro atoms.